The summed E-state index contributed by atoms with van der Waals surface area (Å²) in [6.45, 7) is 4.95. The van der Waals surface area contributed by atoms with Crippen molar-refractivity contribution in [3.63, 3.8) is 0 Å². The molecule has 1 heterocycles. The highest BCUT2D eigenvalue weighted by Gasteiger charge is 2.16. The van der Waals surface area contributed by atoms with Gasteiger partial charge in [0.25, 0.3) is 0 Å². The second kappa shape index (κ2) is 5.15. The van der Waals surface area contributed by atoms with Crippen LogP contribution in [0.25, 0.3) is 0 Å². The molecule has 1 aromatic carbocycles. The Morgan fingerprint density at radius 1 is 1.47 bits per heavy atom. The highest BCUT2D eigenvalue weighted by atomic mass is 35.5. The third-order valence-electron chi connectivity index (χ3n) is 2.69. The Hall–Kier alpha value is -0.930. The summed E-state index contributed by atoms with van der Waals surface area (Å²) in [6, 6.07) is 6.01. The maximum absolute atomic E-state index is 6.15. The van der Waals surface area contributed by atoms with E-state index in [4.69, 9.17) is 23.2 Å². The molecule has 1 aliphatic heterocycles. The molecule has 0 saturated heterocycles. The minimum Gasteiger partial charge on any atom is -0.352 e. The fourth-order valence-corrected chi connectivity index (χ4v) is 2.35. The van der Waals surface area contributed by atoms with Crippen LogP contribution in [0.1, 0.15) is 25.5 Å². The topological polar surface area (TPSA) is 36.4 Å². The van der Waals surface area contributed by atoms with E-state index in [2.05, 4.69) is 22.5 Å². The molecule has 2 unspecified atom stereocenters. The van der Waals surface area contributed by atoms with E-state index in [-0.39, 0.29) is 6.04 Å². The lowest BCUT2D eigenvalue weighted by Gasteiger charge is -2.17. The Kier molecular flexibility index (Phi) is 3.79. The van der Waals surface area contributed by atoms with E-state index in [1.165, 1.54) is 0 Å². The lowest BCUT2D eigenvalue weighted by Crippen LogP contribution is -2.38. The van der Waals surface area contributed by atoms with Crippen molar-refractivity contribution in [2.45, 2.75) is 25.9 Å². The van der Waals surface area contributed by atoms with Gasteiger partial charge in [-0.25, -0.2) is 0 Å². The van der Waals surface area contributed by atoms with Crippen LogP contribution in [-0.2, 0) is 0 Å². The molecule has 2 N–H and O–H groups in total. The molecule has 2 rings (SSSR count). The van der Waals surface area contributed by atoms with Gasteiger partial charge in [0.05, 0.1) is 12.6 Å². The van der Waals surface area contributed by atoms with E-state index in [0.29, 0.717) is 16.1 Å². The van der Waals surface area contributed by atoms with Crippen molar-refractivity contribution in [2.75, 3.05) is 6.54 Å². The largest absolute Gasteiger partial charge is 0.352 e. The average Bonchev–Trinajstić information content (AvgIpc) is 2.63. The van der Waals surface area contributed by atoms with Gasteiger partial charge in [0.15, 0.2) is 5.96 Å². The fraction of sp³-hybridized carbons (Fsp3) is 0.417. The number of aliphatic imine (C=N–C) groups is 1. The van der Waals surface area contributed by atoms with Gasteiger partial charge in [-0.1, -0.05) is 29.3 Å². The zero-order valence-corrected chi connectivity index (χ0v) is 11.3. The second-order valence-corrected chi connectivity index (χ2v) is 5.11. The lowest BCUT2D eigenvalue weighted by atomic mass is 10.1. The quantitative estimate of drug-likeness (QED) is 0.868. The first-order valence-electron chi connectivity index (χ1n) is 5.58. The van der Waals surface area contributed by atoms with Crippen LogP contribution in [0, 0.1) is 0 Å². The third-order valence-corrected chi connectivity index (χ3v) is 3.25. The summed E-state index contributed by atoms with van der Waals surface area (Å²) < 4.78 is 0. The standard InChI is InChI=1S/C12H15Cl2N3/c1-7-6-15-12(16-7)17-8(2)10-4-3-9(13)5-11(10)14/h3-5,7-8H,6H2,1-2H3,(H2,15,16,17). The number of benzene rings is 1. The van der Waals surface area contributed by atoms with Crippen molar-refractivity contribution in [1.82, 2.24) is 10.6 Å². The molecular weight excluding hydrogens is 257 g/mol. The molecule has 1 aliphatic rings. The van der Waals surface area contributed by atoms with Gasteiger partial charge in [-0.15, -0.1) is 0 Å². The summed E-state index contributed by atoms with van der Waals surface area (Å²) in [4.78, 5) is 4.35. The maximum atomic E-state index is 6.15. The summed E-state index contributed by atoms with van der Waals surface area (Å²) in [6.07, 6.45) is 0. The minimum atomic E-state index is 0.0938. The summed E-state index contributed by atoms with van der Waals surface area (Å²) >= 11 is 12.0. The monoisotopic (exact) mass is 271 g/mol. The minimum absolute atomic E-state index is 0.0938. The molecule has 0 fully saturated rings. The van der Waals surface area contributed by atoms with Gasteiger partial charge in [0.1, 0.15) is 0 Å². The molecule has 2 atom stereocenters. The molecule has 0 saturated carbocycles. The van der Waals surface area contributed by atoms with Crippen LogP contribution in [0.15, 0.2) is 23.2 Å². The van der Waals surface area contributed by atoms with Crippen molar-refractivity contribution < 1.29 is 0 Å². The van der Waals surface area contributed by atoms with Crippen molar-refractivity contribution in [3.8, 4) is 0 Å². The van der Waals surface area contributed by atoms with E-state index in [0.717, 1.165) is 18.1 Å². The summed E-state index contributed by atoms with van der Waals surface area (Å²) in [7, 11) is 0. The Labute approximate surface area is 111 Å². The van der Waals surface area contributed by atoms with Crippen molar-refractivity contribution in [2.24, 2.45) is 4.99 Å². The Morgan fingerprint density at radius 3 is 2.82 bits per heavy atom. The van der Waals surface area contributed by atoms with Gasteiger partial charge in [0, 0.05) is 16.1 Å². The second-order valence-electron chi connectivity index (χ2n) is 4.27. The maximum Gasteiger partial charge on any atom is 0.192 e. The van der Waals surface area contributed by atoms with Gasteiger partial charge in [-0.3, -0.25) is 4.99 Å². The average molecular weight is 272 g/mol. The molecule has 0 aromatic heterocycles. The van der Waals surface area contributed by atoms with E-state index in [9.17, 15) is 0 Å². The van der Waals surface area contributed by atoms with Gasteiger partial charge in [-0.2, -0.15) is 0 Å². The van der Waals surface area contributed by atoms with E-state index in [1.807, 2.05) is 19.1 Å². The highest BCUT2D eigenvalue weighted by Crippen LogP contribution is 2.26. The predicted molar refractivity (Wildman–Crippen MR) is 72.9 cm³/mol. The Bertz CT molecular complexity index is 445. The number of hydrogen-bond acceptors (Lipinski definition) is 3. The van der Waals surface area contributed by atoms with Crippen LogP contribution in [0.5, 0.6) is 0 Å². The molecule has 3 nitrogen and oxygen atoms in total. The van der Waals surface area contributed by atoms with Crippen LogP contribution in [0.2, 0.25) is 10.0 Å². The van der Waals surface area contributed by atoms with Crippen molar-refractivity contribution >= 4 is 29.2 Å². The van der Waals surface area contributed by atoms with Gasteiger partial charge in [-0.05, 0) is 31.5 Å². The van der Waals surface area contributed by atoms with E-state index >= 15 is 0 Å². The van der Waals surface area contributed by atoms with E-state index < -0.39 is 0 Å². The first-order valence-corrected chi connectivity index (χ1v) is 6.34. The number of halogens is 2. The molecule has 92 valence electrons. The first kappa shape index (κ1) is 12.5. The summed E-state index contributed by atoms with van der Waals surface area (Å²) in [5.74, 6) is 0.830. The summed E-state index contributed by atoms with van der Waals surface area (Å²) in [5, 5.41) is 7.87. The fourth-order valence-electron chi connectivity index (χ4n) is 1.78. The zero-order chi connectivity index (χ0) is 12.4. The van der Waals surface area contributed by atoms with E-state index in [1.54, 1.807) is 6.07 Å². The van der Waals surface area contributed by atoms with Crippen LogP contribution in [0.4, 0.5) is 0 Å². The number of rotatable bonds is 2. The molecule has 1 aromatic rings. The van der Waals surface area contributed by atoms with Crippen LogP contribution in [0.3, 0.4) is 0 Å². The molecule has 0 aliphatic carbocycles. The third kappa shape index (κ3) is 3.05. The zero-order valence-electron chi connectivity index (χ0n) is 9.80. The SMILES string of the molecule is CC1CN=C(NC(C)c2ccc(Cl)cc2Cl)N1. The molecule has 17 heavy (non-hydrogen) atoms. The Balaban J connectivity index is 2.07. The van der Waals surface area contributed by atoms with Crippen LogP contribution >= 0.6 is 23.2 Å². The Morgan fingerprint density at radius 2 is 2.24 bits per heavy atom. The molecule has 0 amide bonds. The molecule has 5 heteroatoms. The van der Waals surface area contributed by atoms with Gasteiger partial charge in [0.2, 0.25) is 0 Å². The lowest BCUT2D eigenvalue weighted by molar-refractivity contribution is 0.674. The summed E-state index contributed by atoms with van der Waals surface area (Å²) in [5.41, 5.74) is 1.01. The van der Waals surface area contributed by atoms with Crippen molar-refractivity contribution in [3.05, 3.63) is 33.8 Å². The highest BCUT2D eigenvalue weighted by molar-refractivity contribution is 6.35. The first-order chi connectivity index (χ1) is 8.06. The predicted octanol–water partition coefficient (Wildman–Crippen LogP) is 2.99. The molecular formula is C12H15Cl2N3. The van der Waals surface area contributed by atoms with Crippen LogP contribution < -0.4 is 10.6 Å². The molecule has 0 radical (unpaired) electrons. The van der Waals surface area contributed by atoms with Gasteiger partial charge >= 0.3 is 0 Å². The number of hydrogen-bond donors (Lipinski definition) is 2. The normalized spacial score (nSPS) is 20.7. The number of guanidine groups is 1. The van der Waals surface area contributed by atoms with Crippen molar-refractivity contribution in [1.29, 1.82) is 0 Å². The smallest absolute Gasteiger partial charge is 0.192 e. The number of nitrogens with zero attached hydrogens (tertiary/aromatic N) is 1. The van der Waals surface area contributed by atoms with Gasteiger partial charge < -0.3 is 10.6 Å². The molecule has 0 spiro atoms. The molecule has 0 bridgehead atoms. The van der Waals surface area contributed by atoms with Crippen LogP contribution in [-0.4, -0.2) is 18.5 Å². The number of nitrogens with one attached hydrogen (secondary N) is 2.